The number of ketones is 1. The molecule has 0 spiro atoms. The Labute approximate surface area is 174 Å². The molecule has 0 aromatic heterocycles. The van der Waals surface area contributed by atoms with E-state index < -0.39 is 23.8 Å². The molecule has 3 rings (SSSR count). The molecule has 2 aromatic carbocycles. The number of anilines is 2. The summed E-state index contributed by atoms with van der Waals surface area (Å²) < 4.78 is 0. The maximum absolute atomic E-state index is 12.4. The number of nitrogens with one attached hydrogen (secondary N) is 3. The van der Waals surface area contributed by atoms with Gasteiger partial charge in [0.25, 0.3) is 5.91 Å². The SMILES string of the molecule is O=C(Nc1cc(Cl)c(Cl)c(Cl)c1Cl)NC1CC(=O)C(=O)Nc2ccccc21. The van der Waals surface area contributed by atoms with Gasteiger partial charge in [-0.3, -0.25) is 9.59 Å². The number of Topliss-reactive ketones (excluding diaryl/α,β-unsaturated/α-hetero) is 1. The van der Waals surface area contributed by atoms with Gasteiger partial charge in [0.2, 0.25) is 5.78 Å². The fourth-order valence-corrected chi connectivity index (χ4v) is 3.45. The summed E-state index contributed by atoms with van der Waals surface area (Å²) in [6.45, 7) is 0. The monoisotopic (exact) mass is 445 g/mol. The normalized spacial score (nSPS) is 16.2. The van der Waals surface area contributed by atoms with Gasteiger partial charge in [-0.1, -0.05) is 64.6 Å². The number of fused-ring (bicyclic) bond motifs is 1. The van der Waals surface area contributed by atoms with Crippen molar-refractivity contribution in [1.29, 1.82) is 0 Å². The lowest BCUT2D eigenvalue weighted by atomic mass is 10.0. The Morgan fingerprint density at radius 3 is 2.48 bits per heavy atom. The van der Waals surface area contributed by atoms with Gasteiger partial charge in [-0.25, -0.2) is 4.79 Å². The van der Waals surface area contributed by atoms with Crippen LogP contribution >= 0.6 is 46.4 Å². The van der Waals surface area contributed by atoms with Gasteiger partial charge in [0.05, 0.1) is 31.8 Å². The minimum absolute atomic E-state index is 0.00548. The van der Waals surface area contributed by atoms with E-state index in [4.69, 9.17) is 46.4 Å². The Hall–Kier alpha value is -1.99. The van der Waals surface area contributed by atoms with Gasteiger partial charge in [-0.15, -0.1) is 0 Å². The number of carbonyl (C=O) groups is 3. The third-order valence-corrected chi connectivity index (χ3v) is 5.63. The second kappa shape index (κ2) is 7.94. The molecule has 1 heterocycles. The van der Waals surface area contributed by atoms with Crippen molar-refractivity contribution in [3.63, 3.8) is 0 Å². The zero-order chi connectivity index (χ0) is 19.7. The number of para-hydroxylation sites is 1. The maximum Gasteiger partial charge on any atom is 0.319 e. The molecule has 6 nitrogen and oxygen atoms in total. The maximum atomic E-state index is 12.4. The highest BCUT2D eigenvalue weighted by Crippen LogP contribution is 2.40. The van der Waals surface area contributed by atoms with E-state index in [0.29, 0.717) is 11.3 Å². The van der Waals surface area contributed by atoms with Gasteiger partial charge in [-0.2, -0.15) is 0 Å². The largest absolute Gasteiger partial charge is 0.331 e. The van der Waals surface area contributed by atoms with Crippen LogP contribution < -0.4 is 16.0 Å². The molecule has 3 N–H and O–H groups in total. The first-order valence-electron chi connectivity index (χ1n) is 7.61. The van der Waals surface area contributed by atoms with Crippen LogP contribution in [0.2, 0.25) is 20.1 Å². The number of hydrogen-bond acceptors (Lipinski definition) is 3. The minimum atomic E-state index is -0.730. The molecule has 2 aromatic rings. The second-order valence-electron chi connectivity index (χ2n) is 5.67. The number of urea groups is 1. The molecule has 0 fully saturated rings. The van der Waals surface area contributed by atoms with Crippen molar-refractivity contribution in [1.82, 2.24) is 5.32 Å². The van der Waals surface area contributed by atoms with Crippen molar-refractivity contribution in [3.05, 3.63) is 56.0 Å². The van der Waals surface area contributed by atoms with E-state index in [2.05, 4.69) is 16.0 Å². The summed E-state index contributed by atoms with van der Waals surface area (Å²) in [5.74, 6) is -1.38. The van der Waals surface area contributed by atoms with Gasteiger partial charge in [0.15, 0.2) is 0 Å². The van der Waals surface area contributed by atoms with Gasteiger partial charge in [0, 0.05) is 12.1 Å². The van der Waals surface area contributed by atoms with Gasteiger partial charge in [-0.05, 0) is 17.7 Å². The summed E-state index contributed by atoms with van der Waals surface area (Å²) in [5.41, 5.74) is 1.20. The number of hydrogen-bond donors (Lipinski definition) is 3. The lowest BCUT2D eigenvalue weighted by molar-refractivity contribution is -0.134. The molecule has 0 bridgehead atoms. The molecule has 1 unspecified atom stereocenters. The Morgan fingerprint density at radius 2 is 1.74 bits per heavy atom. The van der Waals surface area contributed by atoms with Gasteiger partial charge < -0.3 is 16.0 Å². The first kappa shape index (κ1) is 19.8. The van der Waals surface area contributed by atoms with Crippen LogP contribution in [0.4, 0.5) is 16.2 Å². The zero-order valence-electron chi connectivity index (χ0n) is 13.4. The first-order chi connectivity index (χ1) is 12.8. The van der Waals surface area contributed by atoms with Gasteiger partial charge >= 0.3 is 6.03 Å². The number of amides is 3. The molecule has 10 heteroatoms. The molecule has 0 saturated carbocycles. The average Bonchev–Trinajstić information content (AvgIpc) is 2.75. The van der Waals surface area contributed by atoms with Crippen LogP contribution in [0.5, 0.6) is 0 Å². The molecule has 140 valence electrons. The first-order valence-corrected chi connectivity index (χ1v) is 9.12. The van der Waals surface area contributed by atoms with Crippen LogP contribution in [0.1, 0.15) is 18.0 Å². The van der Waals surface area contributed by atoms with Crippen LogP contribution in [0.25, 0.3) is 0 Å². The van der Waals surface area contributed by atoms with Gasteiger partial charge in [0.1, 0.15) is 0 Å². The third-order valence-electron chi connectivity index (χ3n) is 3.88. The smallest absolute Gasteiger partial charge is 0.319 e. The number of carbonyl (C=O) groups excluding carboxylic acids is 3. The highest BCUT2D eigenvalue weighted by atomic mass is 35.5. The summed E-state index contributed by atoms with van der Waals surface area (Å²) in [6, 6.07) is 6.79. The lowest BCUT2D eigenvalue weighted by Crippen LogP contribution is -2.34. The molecule has 27 heavy (non-hydrogen) atoms. The average molecular weight is 447 g/mol. The highest BCUT2D eigenvalue weighted by Gasteiger charge is 2.29. The van der Waals surface area contributed by atoms with Crippen LogP contribution in [-0.2, 0) is 9.59 Å². The van der Waals surface area contributed by atoms with Crippen LogP contribution in [-0.4, -0.2) is 17.7 Å². The van der Waals surface area contributed by atoms with E-state index in [-0.39, 0.29) is 32.2 Å². The molecule has 1 aliphatic rings. The van der Waals surface area contributed by atoms with Crippen LogP contribution in [0.15, 0.2) is 30.3 Å². The van der Waals surface area contributed by atoms with E-state index >= 15 is 0 Å². The van der Waals surface area contributed by atoms with E-state index in [0.717, 1.165) is 0 Å². The van der Waals surface area contributed by atoms with Crippen molar-refractivity contribution in [2.24, 2.45) is 0 Å². The molecule has 1 aliphatic heterocycles. The van der Waals surface area contributed by atoms with Crippen molar-refractivity contribution >= 4 is 75.5 Å². The molecule has 1 atom stereocenters. The molecule has 0 radical (unpaired) electrons. The topological polar surface area (TPSA) is 87.3 Å². The van der Waals surface area contributed by atoms with E-state index in [9.17, 15) is 14.4 Å². The summed E-state index contributed by atoms with van der Waals surface area (Å²) in [4.78, 5) is 36.2. The van der Waals surface area contributed by atoms with Crippen molar-refractivity contribution in [2.75, 3.05) is 10.6 Å². The molecular formula is C17H11Cl4N3O3. The van der Waals surface area contributed by atoms with Crippen LogP contribution in [0, 0.1) is 0 Å². The van der Waals surface area contributed by atoms with Crippen molar-refractivity contribution in [2.45, 2.75) is 12.5 Å². The third kappa shape index (κ3) is 4.14. The van der Waals surface area contributed by atoms with Crippen molar-refractivity contribution < 1.29 is 14.4 Å². The predicted molar refractivity (Wildman–Crippen MR) is 106 cm³/mol. The fraction of sp³-hybridized carbons (Fsp3) is 0.118. The quantitative estimate of drug-likeness (QED) is 0.341. The Bertz CT molecular complexity index is 965. The predicted octanol–water partition coefficient (Wildman–Crippen LogP) is 5.07. The van der Waals surface area contributed by atoms with E-state index in [1.807, 2.05) is 0 Å². The standard InChI is InChI=1S/C17H11Cl4N3O3/c18-8-5-11(14(20)15(21)13(8)19)24-17(27)23-10-6-12(25)16(26)22-9-4-2-1-3-7(9)10/h1-5,10H,6H2,(H,22,26)(H2,23,24,27). The van der Waals surface area contributed by atoms with E-state index in [1.54, 1.807) is 24.3 Å². The Balaban J connectivity index is 1.84. The number of halogens is 4. The molecule has 3 amide bonds. The Kier molecular flexibility index (Phi) is 5.81. The van der Waals surface area contributed by atoms with Crippen LogP contribution in [0.3, 0.4) is 0 Å². The zero-order valence-corrected chi connectivity index (χ0v) is 16.4. The number of benzene rings is 2. The summed E-state index contributed by atoms with van der Waals surface area (Å²) in [7, 11) is 0. The summed E-state index contributed by atoms with van der Waals surface area (Å²) in [5, 5.41) is 7.91. The number of rotatable bonds is 2. The minimum Gasteiger partial charge on any atom is -0.331 e. The summed E-state index contributed by atoms with van der Waals surface area (Å²) >= 11 is 23.9. The highest BCUT2D eigenvalue weighted by molar-refractivity contribution is 6.52. The lowest BCUT2D eigenvalue weighted by Gasteiger charge is -2.19. The Morgan fingerprint density at radius 1 is 1.04 bits per heavy atom. The second-order valence-corrected chi connectivity index (χ2v) is 7.21. The fourth-order valence-electron chi connectivity index (χ4n) is 2.60. The molecule has 0 saturated heterocycles. The molecular weight excluding hydrogens is 436 g/mol. The van der Waals surface area contributed by atoms with E-state index in [1.165, 1.54) is 6.07 Å². The summed E-state index contributed by atoms with van der Waals surface area (Å²) in [6.07, 6.45) is -0.188. The molecule has 0 aliphatic carbocycles. The van der Waals surface area contributed by atoms with Crippen molar-refractivity contribution in [3.8, 4) is 0 Å².